The molecular formula is C14H16ClNO6. The monoisotopic (exact) mass is 329 g/mol. The number of fused-ring (bicyclic) bond motifs is 1. The van der Waals surface area contributed by atoms with Gasteiger partial charge in [-0.15, -0.1) is 0 Å². The van der Waals surface area contributed by atoms with Gasteiger partial charge in [0.25, 0.3) is 0 Å². The Bertz CT molecular complexity index is 643. The lowest BCUT2D eigenvalue weighted by Gasteiger charge is -2.46. The lowest BCUT2D eigenvalue weighted by molar-refractivity contribution is -0.330. The van der Waals surface area contributed by atoms with Crippen molar-refractivity contribution in [2.45, 2.75) is 35.8 Å². The number of para-hydroxylation sites is 1. The Morgan fingerprint density at radius 2 is 1.86 bits per heavy atom. The van der Waals surface area contributed by atoms with Gasteiger partial charge in [-0.25, -0.2) is 0 Å². The molecule has 1 aromatic heterocycles. The molecule has 2 heterocycles. The zero-order chi connectivity index (χ0) is 16.1. The summed E-state index contributed by atoms with van der Waals surface area (Å²) in [5.74, 6) is 0. The van der Waals surface area contributed by atoms with Gasteiger partial charge < -0.3 is 35.3 Å². The molecule has 1 saturated heterocycles. The molecule has 120 valence electrons. The van der Waals surface area contributed by atoms with Crippen molar-refractivity contribution in [3.8, 4) is 0 Å². The Hall–Kier alpha value is -1.19. The van der Waals surface area contributed by atoms with Crippen molar-refractivity contribution in [3.63, 3.8) is 0 Å². The van der Waals surface area contributed by atoms with Crippen LogP contribution in [0.25, 0.3) is 10.9 Å². The normalized spacial score (nSPS) is 37.4. The minimum absolute atomic E-state index is 0.0818. The van der Waals surface area contributed by atoms with E-state index >= 15 is 0 Å². The molecule has 22 heavy (non-hydrogen) atoms. The summed E-state index contributed by atoms with van der Waals surface area (Å²) in [5.41, 5.74) is -3.20. The van der Waals surface area contributed by atoms with Crippen molar-refractivity contribution in [1.29, 1.82) is 0 Å². The molecule has 1 aliphatic rings. The third kappa shape index (κ3) is 2.22. The summed E-state index contributed by atoms with van der Waals surface area (Å²) in [7, 11) is 0. The molecule has 0 radical (unpaired) electrons. The van der Waals surface area contributed by atoms with Crippen LogP contribution in [0.3, 0.4) is 0 Å². The zero-order valence-electron chi connectivity index (χ0n) is 11.3. The Kier molecular flexibility index (Phi) is 3.90. The van der Waals surface area contributed by atoms with Gasteiger partial charge in [0, 0.05) is 5.52 Å². The fourth-order valence-corrected chi connectivity index (χ4v) is 2.97. The summed E-state index contributed by atoms with van der Waals surface area (Å²) in [6, 6.07) is 8.65. The van der Waals surface area contributed by atoms with E-state index in [1.807, 2.05) is 0 Å². The number of aromatic amines is 1. The maximum atomic E-state index is 10.8. The number of rotatable bonds is 2. The van der Waals surface area contributed by atoms with E-state index in [9.17, 15) is 25.5 Å². The van der Waals surface area contributed by atoms with Crippen molar-refractivity contribution >= 4 is 22.5 Å². The van der Waals surface area contributed by atoms with Crippen LogP contribution in [0, 0.1) is 0 Å². The van der Waals surface area contributed by atoms with Crippen LogP contribution in [-0.4, -0.2) is 60.7 Å². The van der Waals surface area contributed by atoms with Gasteiger partial charge in [0.2, 0.25) is 0 Å². The molecule has 0 bridgehead atoms. The standard InChI is InChI=1S/C14H16ClNO6/c15-12(19)9-10(17)14(21,11(18)13(20)22-9)8-5-6-3-1-2-4-7(6)16-8/h1-5,9-13,16-21H/t9-,10-,11-,12?,13+,14-/m0/s1. The van der Waals surface area contributed by atoms with E-state index in [0.717, 1.165) is 5.39 Å². The second kappa shape index (κ2) is 5.47. The van der Waals surface area contributed by atoms with Gasteiger partial charge in [-0.1, -0.05) is 29.8 Å². The molecule has 0 saturated carbocycles. The average molecular weight is 330 g/mol. The average Bonchev–Trinajstić information content (AvgIpc) is 2.93. The first-order chi connectivity index (χ1) is 10.4. The number of hydrogen-bond acceptors (Lipinski definition) is 6. The maximum Gasteiger partial charge on any atom is 0.184 e. The highest BCUT2D eigenvalue weighted by molar-refractivity contribution is 6.19. The minimum Gasteiger partial charge on any atom is -0.387 e. The number of hydrogen-bond donors (Lipinski definition) is 6. The third-order valence-corrected chi connectivity index (χ3v) is 4.26. The smallest absolute Gasteiger partial charge is 0.184 e. The predicted molar refractivity (Wildman–Crippen MR) is 76.9 cm³/mol. The van der Waals surface area contributed by atoms with Crippen molar-refractivity contribution in [1.82, 2.24) is 4.98 Å². The zero-order valence-corrected chi connectivity index (χ0v) is 12.1. The summed E-state index contributed by atoms with van der Waals surface area (Å²) in [6.45, 7) is 0. The van der Waals surface area contributed by atoms with Crippen molar-refractivity contribution in [2.24, 2.45) is 0 Å². The number of aliphatic hydroxyl groups is 5. The lowest BCUT2D eigenvalue weighted by atomic mass is 9.81. The molecule has 0 amide bonds. The first-order valence-electron chi connectivity index (χ1n) is 6.68. The molecule has 8 heteroatoms. The van der Waals surface area contributed by atoms with Crippen LogP contribution < -0.4 is 0 Å². The number of H-pyrrole nitrogens is 1. The fraction of sp³-hybridized carbons (Fsp3) is 0.429. The van der Waals surface area contributed by atoms with Crippen LogP contribution in [0.1, 0.15) is 5.69 Å². The third-order valence-electron chi connectivity index (χ3n) is 4.01. The van der Waals surface area contributed by atoms with Crippen LogP contribution in [0.15, 0.2) is 30.3 Å². The Morgan fingerprint density at radius 1 is 1.18 bits per heavy atom. The Labute approximate surface area is 130 Å². The van der Waals surface area contributed by atoms with Gasteiger partial charge in [-0.3, -0.25) is 0 Å². The molecule has 2 aromatic rings. The lowest BCUT2D eigenvalue weighted by Crippen LogP contribution is -2.66. The maximum absolute atomic E-state index is 10.8. The summed E-state index contributed by atoms with van der Waals surface area (Å²) >= 11 is 5.51. The van der Waals surface area contributed by atoms with Gasteiger partial charge >= 0.3 is 0 Å². The van der Waals surface area contributed by atoms with Crippen LogP contribution >= 0.6 is 11.6 Å². The molecule has 6 atom stereocenters. The second-order valence-corrected chi connectivity index (χ2v) is 5.80. The van der Waals surface area contributed by atoms with Gasteiger partial charge in [-0.05, 0) is 17.5 Å². The number of aliphatic hydroxyl groups excluding tert-OH is 4. The number of aromatic nitrogens is 1. The molecule has 1 aromatic carbocycles. The highest BCUT2D eigenvalue weighted by Gasteiger charge is 2.58. The molecule has 0 spiro atoms. The number of nitrogens with one attached hydrogen (secondary N) is 1. The molecule has 0 aliphatic carbocycles. The number of ether oxygens (including phenoxy) is 1. The van der Waals surface area contributed by atoms with E-state index < -0.39 is 35.8 Å². The van der Waals surface area contributed by atoms with Crippen molar-refractivity contribution in [2.75, 3.05) is 0 Å². The predicted octanol–water partition coefficient (Wildman–Crippen LogP) is -0.648. The minimum atomic E-state index is -2.28. The molecule has 1 fully saturated rings. The van der Waals surface area contributed by atoms with Gasteiger partial charge in [0.15, 0.2) is 17.5 Å². The first kappa shape index (κ1) is 15.7. The van der Waals surface area contributed by atoms with E-state index in [2.05, 4.69) is 4.98 Å². The Morgan fingerprint density at radius 3 is 2.50 bits per heavy atom. The highest BCUT2D eigenvalue weighted by Crippen LogP contribution is 2.39. The van der Waals surface area contributed by atoms with Crippen LogP contribution in [0.5, 0.6) is 0 Å². The molecular weight excluding hydrogens is 314 g/mol. The number of benzene rings is 1. The first-order valence-corrected chi connectivity index (χ1v) is 7.11. The van der Waals surface area contributed by atoms with Crippen LogP contribution in [0.4, 0.5) is 0 Å². The summed E-state index contributed by atoms with van der Waals surface area (Å²) in [5, 5.41) is 51.2. The van der Waals surface area contributed by atoms with E-state index in [1.54, 1.807) is 24.3 Å². The molecule has 6 N–H and O–H groups in total. The van der Waals surface area contributed by atoms with Gasteiger partial charge in [0.1, 0.15) is 18.3 Å². The highest BCUT2D eigenvalue weighted by atomic mass is 35.5. The molecule has 1 unspecified atom stereocenters. The number of alkyl halides is 1. The largest absolute Gasteiger partial charge is 0.387 e. The van der Waals surface area contributed by atoms with Crippen LogP contribution in [-0.2, 0) is 10.3 Å². The Balaban J connectivity index is 2.10. The summed E-state index contributed by atoms with van der Waals surface area (Å²) in [4.78, 5) is 2.89. The van der Waals surface area contributed by atoms with E-state index in [0.29, 0.717) is 5.52 Å². The van der Waals surface area contributed by atoms with Crippen molar-refractivity contribution < 1.29 is 30.3 Å². The summed E-state index contributed by atoms with van der Waals surface area (Å²) in [6.07, 6.45) is -6.89. The van der Waals surface area contributed by atoms with Crippen molar-refractivity contribution in [3.05, 3.63) is 36.0 Å². The molecule has 1 aliphatic heterocycles. The van der Waals surface area contributed by atoms with E-state index in [4.69, 9.17) is 16.3 Å². The topological polar surface area (TPSA) is 126 Å². The van der Waals surface area contributed by atoms with E-state index in [-0.39, 0.29) is 5.69 Å². The molecule has 3 rings (SSSR count). The quantitative estimate of drug-likeness (QED) is 0.407. The van der Waals surface area contributed by atoms with Gasteiger partial charge in [-0.2, -0.15) is 0 Å². The summed E-state index contributed by atoms with van der Waals surface area (Å²) < 4.78 is 4.86. The second-order valence-electron chi connectivity index (χ2n) is 5.35. The van der Waals surface area contributed by atoms with E-state index in [1.165, 1.54) is 6.07 Å². The van der Waals surface area contributed by atoms with Crippen LogP contribution in [0.2, 0.25) is 0 Å². The molecule has 7 nitrogen and oxygen atoms in total. The fourth-order valence-electron chi connectivity index (χ4n) is 2.78. The van der Waals surface area contributed by atoms with Gasteiger partial charge in [0.05, 0.1) is 5.69 Å². The SMILES string of the molecule is OC(Cl)[C@H]1O[C@@H](O)[C@H](O)[C@](O)(c2cc3ccccc3[nH]2)[C@H]1O. The number of halogens is 1.